The van der Waals surface area contributed by atoms with Crippen LogP contribution in [-0.4, -0.2) is 29.6 Å². The highest BCUT2D eigenvalue weighted by atomic mass is 15.2. The number of hydrogen-bond acceptors (Lipinski definition) is 2. The summed E-state index contributed by atoms with van der Waals surface area (Å²) >= 11 is 0. The van der Waals surface area contributed by atoms with E-state index in [1.165, 1.54) is 38.6 Å². The van der Waals surface area contributed by atoms with Crippen LogP contribution in [0.25, 0.3) is 0 Å². The minimum absolute atomic E-state index is 0.474. The fraction of sp³-hybridized carbons (Fsp3) is 1.00. The summed E-state index contributed by atoms with van der Waals surface area (Å²) < 4.78 is 0. The third kappa shape index (κ3) is 3.25. The molecule has 0 atom stereocenters. The molecule has 0 aliphatic heterocycles. The van der Waals surface area contributed by atoms with Crippen LogP contribution in [-0.2, 0) is 0 Å². The van der Waals surface area contributed by atoms with Gasteiger partial charge in [0, 0.05) is 18.1 Å². The normalized spacial score (nSPS) is 28.7. The van der Waals surface area contributed by atoms with Crippen molar-refractivity contribution in [2.24, 2.45) is 5.73 Å². The Bertz CT molecular complexity index is 148. The molecule has 0 unspecified atom stereocenters. The zero-order valence-electron chi connectivity index (χ0n) is 10.00. The fourth-order valence-corrected chi connectivity index (χ4v) is 2.55. The van der Waals surface area contributed by atoms with E-state index in [4.69, 9.17) is 5.73 Å². The van der Waals surface area contributed by atoms with Crippen molar-refractivity contribution in [3.8, 4) is 0 Å². The van der Waals surface area contributed by atoms with Gasteiger partial charge in [-0.05, 0) is 52.5 Å². The SMILES string of the molecule is CCCN(C(C)C)C1CCC(N)CC1. The molecule has 1 aliphatic rings. The van der Waals surface area contributed by atoms with Crippen molar-refractivity contribution in [1.82, 2.24) is 4.90 Å². The zero-order valence-corrected chi connectivity index (χ0v) is 10.00. The molecule has 0 bridgehead atoms. The second-order valence-electron chi connectivity index (χ2n) is 4.90. The van der Waals surface area contributed by atoms with Crippen LogP contribution >= 0.6 is 0 Å². The highest BCUT2D eigenvalue weighted by molar-refractivity contribution is 4.82. The molecule has 1 rings (SSSR count). The molecule has 0 aromatic carbocycles. The van der Waals surface area contributed by atoms with Gasteiger partial charge in [0.15, 0.2) is 0 Å². The standard InChI is InChI=1S/C12H26N2/c1-4-9-14(10(2)3)12-7-5-11(13)6-8-12/h10-12H,4-9,13H2,1-3H3. The molecule has 2 nitrogen and oxygen atoms in total. The summed E-state index contributed by atoms with van der Waals surface area (Å²) in [6.07, 6.45) is 6.31. The Morgan fingerprint density at radius 2 is 1.79 bits per heavy atom. The summed E-state index contributed by atoms with van der Waals surface area (Å²) in [5.74, 6) is 0. The summed E-state index contributed by atoms with van der Waals surface area (Å²) in [6.45, 7) is 8.13. The molecule has 1 aliphatic carbocycles. The molecule has 14 heavy (non-hydrogen) atoms. The quantitative estimate of drug-likeness (QED) is 0.751. The highest BCUT2D eigenvalue weighted by Crippen LogP contribution is 2.23. The van der Waals surface area contributed by atoms with Gasteiger partial charge < -0.3 is 5.73 Å². The van der Waals surface area contributed by atoms with Gasteiger partial charge in [-0.2, -0.15) is 0 Å². The third-order valence-corrected chi connectivity index (χ3v) is 3.36. The summed E-state index contributed by atoms with van der Waals surface area (Å²) in [6, 6.07) is 1.96. The monoisotopic (exact) mass is 198 g/mol. The fourth-order valence-electron chi connectivity index (χ4n) is 2.55. The van der Waals surface area contributed by atoms with Crippen molar-refractivity contribution in [3.63, 3.8) is 0 Å². The Kier molecular flexibility index (Phi) is 4.90. The maximum absolute atomic E-state index is 5.93. The molecule has 0 aromatic rings. The van der Waals surface area contributed by atoms with Gasteiger partial charge >= 0.3 is 0 Å². The number of rotatable bonds is 4. The topological polar surface area (TPSA) is 29.3 Å². The molecule has 0 spiro atoms. The molecule has 0 amide bonds. The van der Waals surface area contributed by atoms with Crippen molar-refractivity contribution in [2.45, 2.75) is 71.0 Å². The zero-order chi connectivity index (χ0) is 10.6. The van der Waals surface area contributed by atoms with Crippen LogP contribution in [0.4, 0.5) is 0 Å². The van der Waals surface area contributed by atoms with Crippen molar-refractivity contribution in [2.75, 3.05) is 6.54 Å². The summed E-state index contributed by atoms with van der Waals surface area (Å²) in [7, 11) is 0. The summed E-state index contributed by atoms with van der Waals surface area (Å²) in [4.78, 5) is 2.66. The first kappa shape index (κ1) is 12.0. The second kappa shape index (κ2) is 5.72. The maximum atomic E-state index is 5.93. The van der Waals surface area contributed by atoms with Crippen molar-refractivity contribution in [1.29, 1.82) is 0 Å². The molecule has 1 fully saturated rings. The van der Waals surface area contributed by atoms with E-state index in [1.807, 2.05) is 0 Å². The van der Waals surface area contributed by atoms with E-state index in [0.717, 1.165) is 6.04 Å². The molecule has 2 N–H and O–H groups in total. The molecular weight excluding hydrogens is 172 g/mol. The van der Waals surface area contributed by atoms with E-state index in [9.17, 15) is 0 Å². The predicted octanol–water partition coefficient (Wildman–Crippen LogP) is 2.38. The first-order valence-electron chi connectivity index (χ1n) is 6.16. The highest BCUT2D eigenvalue weighted by Gasteiger charge is 2.24. The Morgan fingerprint density at radius 3 is 2.21 bits per heavy atom. The Balaban J connectivity index is 2.43. The molecule has 84 valence electrons. The van der Waals surface area contributed by atoms with Gasteiger partial charge in [-0.25, -0.2) is 0 Å². The summed E-state index contributed by atoms with van der Waals surface area (Å²) in [5, 5.41) is 0. The first-order valence-corrected chi connectivity index (χ1v) is 6.16. The lowest BCUT2D eigenvalue weighted by atomic mass is 9.90. The molecule has 0 radical (unpaired) electrons. The maximum Gasteiger partial charge on any atom is 0.00991 e. The Hall–Kier alpha value is -0.0800. The van der Waals surface area contributed by atoms with Crippen molar-refractivity contribution >= 4 is 0 Å². The van der Waals surface area contributed by atoms with Crippen LogP contribution in [0, 0.1) is 0 Å². The molecule has 0 heterocycles. The van der Waals surface area contributed by atoms with Crippen LogP contribution in [0.15, 0.2) is 0 Å². The van der Waals surface area contributed by atoms with Crippen LogP contribution in [0.3, 0.4) is 0 Å². The third-order valence-electron chi connectivity index (χ3n) is 3.36. The summed E-state index contributed by atoms with van der Waals surface area (Å²) in [5.41, 5.74) is 5.93. The van der Waals surface area contributed by atoms with Crippen LogP contribution < -0.4 is 5.73 Å². The number of hydrogen-bond donors (Lipinski definition) is 1. The van der Waals surface area contributed by atoms with Gasteiger partial charge in [-0.1, -0.05) is 6.92 Å². The lowest BCUT2D eigenvalue weighted by molar-refractivity contribution is 0.116. The van der Waals surface area contributed by atoms with Crippen LogP contribution in [0.5, 0.6) is 0 Å². The van der Waals surface area contributed by atoms with Crippen molar-refractivity contribution in [3.05, 3.63) is 0 Å². The number of nitrogens with two attached hydrogens (primary N) is 1. The Morgan fingerprint density at radius 1 is 1.21 bits per heavy atom. The molecular formula is C12H26N2. The van der Waals surface area contributed by atoms with Gasteiger partial charge in [0.05, 0.1) is 0 Å². The second-order valence-corrected chi connectivity index (χ2v) is 4.90. The average molecular weight is 198 g/mol. The lowest BCUT2D eigenvalue weighted by Crippen LogP contribution is -2.44. The molecule has 2 heteroatoms. The van der Waals surface area contributed by atoms with Gasteiger partial charge in [0.25, 0.3) is 0 Å². The molecule has 0 saturated heterocycles. The van der Waals surface area contributed by atoms with Gasteiger partial charge in [-0.15, -0.1) is 0 Å². The average Bonchev–Trinajstić information content (AvgIpc) is 2.15. The van der Waals surface area contributed by atoms with Crippen LogP contribution in [0.1, 0.15) is 52.9 Å². The van der Waals surface area contributed by atoms with E-state index >= 15 is 0 Å². The van der Waals surface area contributed by atoms with E-state index in [2.05, 4.69) is 25.7 Å². The molecule has 0 aromatic heterocycles. The minimum Gasteiger partial charge on any atom is -0.328 e. The van der Waals surface area contributed by atoms with E-state index in [0.29, 0.717) is 12.1 Å². The van der Waals surface area contributed by atoms with Gasteiger partial charge in [0.1, 0.15) is 0 Å². The van der Waals surface area contributed by atoms with Crippen molar-refractivity contribution < 1.29 is 0 Å². The van der Waals surface area contributed by atoms with E-state index in [-0.39, 0.29) is 0 Å². The lowest BCUT2D eigenvalue weighted by Gasteiger charge is -2.38. The largest absolute Gasteiger partial charge is 0.328 e. The first-order chi connectivity index (χ1) is 6.65. The smallest absolute Gasteiger partial charge is 0.00991 e. The molecule has 1 saturated carbocycles. The Labute approximate surface area is 88.8 Å². The van der Waals surface area contributed by atoms with E-state index in [1.54, 1.807) is 0 Å². The predicted molar refractivity (Wildman–Crippen MR) is 62.4 cm³/mol. The van der Waals surface area contributed by atoms with Gasteiger partial charge in [-0.3, -0.25) is 4.90 Å². The van der Waals surface area contributed by atoms with Gasteiger partial charge in [0.2, 0.25) is 0 Å². The van der Waals surface area contributed by atoms with E-state index < -0.39 is 0 Å². The van der Waals surface area contributed by atoms with Crippen LogP contribution in [0.2, 0.25) is 0 Å². The number of nitrogens with zero attached hydrogens (tertiary/aromatic N) is 1. The minimum atomic E-state index is 0.474.